The van der Waals surface area contributed by atoms with Gasteiger partial charge in [-0.1, -0.05) is 25.5 Å². The zero-order valence-electron chi connectivity index (χ0n) is 13.3. The van der Waals surface area contributed by atoms with Crippen LogP contribution in [0.15, 0.2) is 30.3 Å². The summed E-state index contributed by atoms with van der Waals surface area (Å²) in [5, 5.41) is 4.43. The molecule has 1 aromatic carbocycles. The van der Waals surface area contributed by atoms with Crippen molar-refractivity contribution >= 4 is 15.7 Å². The minimum atomic E-state index is -3.26. The average molecular weight is 321 g/mol. The highest BCUT2D eigenvalue weighted by atomic mass is 32.2. The number of aromatic nitrogens is 2. The Morgan fingerprint density at radius 1 is 1.23 bits per heavy atom. The van der Waals surface area contributed by atoms with E-state index in [4.69, 9.17) is 0 Å². The van der Waals surface area contributed by atoms with Gasteiger partial charge in [-0.05, 0) is 44.0 Å². The molecule has 0 amide bonds. The molecule has 0 aliphatic carbocycles. The molecular formula is C16H23N3O2S. The fourth-order valence-electron chi connectivity index (χ4n) is 2.31. The summed E-state index contributed by atoms with van der Waals surface area (Å²) in [6.45, 7) is 6.58. The van der Waals surface area contributed by atoms with Gasteiger partial charge in [0, 0.05) is 11.4 Å². The molecule has 0 fully saturated rings. The zero-order valence-corrected chi connectivity index (χ0v) is 14.2. The molecule has 22 heavy (non-hydrogen) atoms. The van der Waals surface area contributed by atoms with Crippen LogP contribution in [0.2, 0.25) is 0 Å². The lowest BCUT2D eigenvalue weighted by Crippen LogP contribution is -2.16. The van der Waals surface area contributed by atoms with Crippen LogP contribution in [-0.4, -0.2) is 24.0 Å². The molecule has 0 saturated heterocycles. The molecule has 0 aliphatic heterocycles. The quantitative estimate of drug-likeness (QED) is 0.852. The van der Waals surface area contributed by atoms with Crippen molar-refractivity contribution in [2.24, 2.45) is 0 Å². The Morgan fingerprint density at radius 2 is 2.00 bits per heavy atom. The zero-order chi connectivity index (χ0) is 16.2. The number of hydrogen-bond acceptors (Lipinski definition) is 3. The van der Waals surface area contributed by atoms with Crippen molar-refractivity contribution in [1.29, 1.82) is 0 Å². The summed E-state index contributed by atoms with van der Waals surface area (Å²) in [6.07, 6.45) is 1.53. The summed E-state index contributed by atoms with van der Waals surface area (Å²) in [5.41, 5.74) is 3.69. The molecule has 0 spiro atoms. The van der Waals surface area contributed by atoms with Crippen LogP contribution in [0.5, 0.6) is 0 Å². The van der Waals surface area contributed by atoms with Gasteiger partial charge in [0.2, 0.25) is 10.0 Å². The van der Waals surface area contributed by atoms with Gasteiger partial charge in [0.15, 0.2) is 0 Å². The fraction of sp³-hybridized carbons (Fsp3) is 0.438. The number of rotatable bonds is 7. The Labute approximate surface area is 132 Å². The smallest absolute Gasteiger partial charge is 0.232 e. The Morgan fingerprint density at radius 3 is 2.64 bits per heavy atom. The first kappa shape index (κ1) is 16.5. The lowest BCUT2D eigenvalue weighted by atomic mass is 10.2. The second kappa shape index (κ2) is 6.96. The van der Waals surface area contributed by atoms with Crippen LogP contribution in [0.4, 0.5) is 5.69 Å². The molecule has 5 nitrogen and oxygen atoms in total. The first-order valence-electron chi connectivity index (χ1n) is 7.50. The maximum Gasteiger partial charge on any atom is 0.232 e. The molecule has 0 bridgehead atoms. The largest absolute Gasteiger partial charge is 0.284 e. The van der Waals surface area contributed by atoms with E-state index < -0.39 is 10.0 Å². The first-order chi connectivity index (χ1) is 10.4. The number of benzene rings is 1. The van der Waals surface area contributed by atoms with Gasteiger partial charge in [-0.2, -0.15) is 5.10 Å². The molecule has 1 aromatic heterocycles. The summed E-state index contributed by atoms with van der Waals surface area (Å²) >= 11 is 0. The van der Waals surface area contributed by atoms with E-state index in [0.29, 0.717) is 18.7 Å². The molecule has 0 aliphatic rings. The average Bonchev–Trinajstić information content (AvgIpc) is 2.74. The van der Waals surface area contributed by atoms with E-state index in [0.717, 1.165) is 23.4 Å². The van der Waals surface area contributed by atoms with E-state index in [1.807, 2.05) is 49.7 Å². The van der Waals surface area contributed by atoms with Gasteiger partial charge in [-0.25, -0.2) is 8.42 Å². The second-order valence-corrected chi connectivity index (χ2v) is 7.40. The van der Waals surface area contributed by atoms with Gasteiger partial charge in [-0.15, -0.1) is 0 Å². The minimum absolute atomic E-state index is 0.158. The Bertz CT molecular complexity index is 736. The summed E-state index contributed by atoms with van der Waals surface area (Å²) in [5.74, 6) is 0.158. The molecule has 2 rings (SSSR count). The maximum atomic E-state index is 12.0. The molecule has 0 radical (unpaired) electrons. The molecule has 120 valence electrons. The molecule has 1 N–H and O–H groups in total. The number of aryl methyl sites for hydroxylation is 2. The van der Waals surface area contributed by atoms with Gasteiger partial charge < -0.3 is 0 Å². The van der Waals surface area contributed by atoms with Crippen molar-refractivity contribution in [2.45, 2.75) is 40.2 Å². The van der Waals surface area contributed by atoms with E-state index in [2.05, 4.69) is 9.82 Å². The number of anilines is 1. The van der Waals surface area contributed by atoms with E-state index in [9.17, 15) is 8.42 Å². The van der Waals surface area contributed by atoms with Crippen LogP contribution in [0.25, 0.3) is 0 Å². The predicted molar refractivity (Wildman–Crippen MR) is 89.6 cm³/mol. The first-order valence-corrected chi connectivity index (χ1v) is 9.15. The molecule has 1 heterocycles. The molecule has 6 heteroatoms. The maximum absolute atomic E-state index is 12.0. The van der Waals surface area contributed by atoms with Gasteiger partial charge in [-0.3, -0.25) is 9.40 Å². The lowest BCUT2D eigenvalue weighted by Gasteiger charge is -2.10. The van der Waals surface area contributed by atoms with Crippen molar-refractivity contribution in [3.8, 4) is 0 Å². The molecule has 0 unspecified atom stereocenters. The molecule has 0 saturated carbocycles. The van der Waals surface area contributed by atoms with Gasteiger partial charge in [0.05, 0.1) is 18.0 Å². The molecule has 0 atom stereocenters. The molecular weight excluding hydrogens is 298 g/mol. The highest BCUT2D eigenvalue weighted by Gasteiger charge is 2.10. The van der Waals surface area contributed by atoms with Crippen LogP contribution in [0, 0.1) is 13.8 Å². The summed E-state index contributed by atoms with van der Waals surface area (Å²) in [7, 11) is -3.26. The van der Waals surface area contributed by atoms with E-state index >= 15 is 0 Å². The second-order valence-electron chi connectivity index (χ2n) is 5.56. The normalized spacial score (nSPS) is 11.6. The molecule has 2 aromatic rings. The van der Waals surface area contributed by atoms with Crippen molar-refractivity contribution in [2.75, 3.05) is 10.5 Å². The SMILES string of the molecule is CCCCS(=O)(=O)Nc1cccc(Cn2nc(C)cc2C)c1. The fourth-order valence-corrected chi connectivity index (χ4v) is 3.56. The van der Waals surface area contributed by atoms with Crippen molar-refractivity contribution in [3.63, 3.8) is 0 Å². The van der Waals surface area contributed by atoms with Gasteiger partial charge >= 0.3 is 0 Å². The summed E-state index contributed by atoms with van der Waals surface area (Å²) in [6, 6.07) is 9.49. The van der Waals surface area contributed by atoms with Crippen LogP contribution in [-0.2, 0) is 16.6 Å². The van der Waals surface area contributed by atoms with Crippen LogP contribution >= 0.6 is 0 Å². The highest BCUT2D eigenvalue weighted by Crippen LogP contribution is 2.15. The predicted octanol–water partition coefficient (Wildman–Crippen LogP) is 3.09. The Balaban J connectivity index is 2.11. The topological polar surface area (TPSA) is 64.0 Å². The highest BCUT2D eigenvalue weighted by molar-refractivity contribution is 7.92. The Hall–Kier alpha value is -1.82. The minimum Gasteiger partial charge on any atom is -0.284 e. The third kappa shape index (κ3) is 4.59. The number of hydrogen-bond donors (Lipinski definition) is 1. The Kier molecular flexibility index (Phi) is 5.24. The third-order valence-corrected chi connectivity index (χ3v) is 4.78. The van der Waals surface area contributed by atoms with Crippen LogP contribution < -0.4 is 4.72 Å². The monoisotopic (exact) mass is 321 g/mol. The van der Waals surface area contributed by atoms with Gasteiger partial charge in [0.25, 0.3) is 0 Å². The standard InChI is InChI=1S/C16H23N3O2S/c1-4-5-9-22(20,21)18-16-8-6-7-15(11-16)12-19-14(3)10-13(2)17-19/h6-8,10-11,18H,4-5,9,12H2,1-3H3. The number of sulfonamides is 1. The number of nitrogens with zero attached hydrogens (tertiary/aromatic N) is 2. The van der Waals surface area contributed by atoms with Crippen LogP contribution in [0.1, 0.15) is 36.7 Å². The van der Waals surface area contributed by atoms with Gasteiger partial charge in [0.1, 0.15) is 0 Å². The van der Waals surface area contributed by atoms with Crippen molar-refractivity contribution < 1.29 is 8.42 Å². The number of unbranched alkanes of at least 4 members (excludes halogenated alkanes) is 1. The summed E-state index contributed by atoms with van der Waals surface area (Å²) in [4.78, 5) is 0. The third-order valence-electron chi connectivity index (χ3n) is 3.40. The van der Waals surface area contributed by atoms with Crippen molar-refractivity contribution in [3.05, 3.63) is 47.3 Å². The van der Waals surface area contributed by atoms with E-state index in [1.54, 1.807) is 6.07 Å². The lowest BCUT2D eigenvalue weighted by molar-refractivity contribution is 0.598. The van der Waals surface area contributed by atoms with E-state index in [1.165, 1.54) is 0 Å². The number of nitrogens with one attached hydrogen (secondary N) is 1. The van der Waals surface area contributed by atoms with Crippen molar-refractivity contribution in [1.82, 2.24) is 9.78 Å². The van der Waals surface area contributed by atoms with E-state index in [-0.39, 0.29) is 5.75 Å². The summed E-state index contributed by atoms with van der Waals surface area (Å²) < 4.78 is 28.5. The van der Waals surface area contributed by atoms with Crippen LogP contribution in [0.3, 0.4) is 0 Å².